The predicted molar refractivity (Wildman–Crippen MR) is 83.8 cm³/mol. The molecular formula is C17H27NO2. The van der Waals surface area contributed by atoms with Crippen LogP contribution in [0.1, 0.15) is 44.2 Å². The Labute approximate surface area is 122 Å². The molecule has 0 amide bonds. The van der Waals surface area contributed by atoms with Crippen molar-refractivity contribution < 1.29 is 9.47 Å². The molecule has 2 unspecified atom stereocenters. The van der Waals surface area contributed by atoms with E-state index in [4.69, 9.17) is 9.47 Å². The lowest BCUT2D eigenvalue weighted by Gasteiger charge is -2.38. The third kappa shape index (κ3) is 3.09. The zero-order chi connectivity index (χ0) is 14.8. The van der Waals surface area contributed by atoms with Crippen LogP contribution in [0.5, 0.6) is 5.75 Å². The van der Waals surface area contributed by atoms with Crippen molar-refractivity contribution in [3.8, 4) is 5.75 Å². The van der Waals surface area contributed by atoms with Crippen LogP contribution in [0.15, 0.2) is 12.1 Å². The fraction of sp³-hybridized carbons (Fsp3) is 0.647. The van der Waals surface area contributed by atoms with Crippen LogP contribution in [0, 0.1) is 13.8 Å². The molecule has 20 heavy (non-hydrogen) atoms. The lowest BCUT2D eigenvalue weighted by molar-refractivity contribution is -0.0708. The van der Waals surface area contributed by atoms with Gasteiger partial charge in [-0.15, -0.1) is 0 Å². The first-order valence-corrected chi connectivity index (χ1v) is 7.54. The Morgan fingerprint density at radius 1 is 1.40 bits per heavy atom. The van der Waals surface area contributed by atoms with E-state index in [1.54, 1.807) is 7.11 Å². The molecule has 1 aromatic rings. The average molecular weight is 277 g/mol. The Morgan fingerprint density at radius 2 is 2.15 bits per heavy atom. The van der Waals surface area contributed by atoms with Crippen molar-refractivity contribution in [2.75, 3.05) is 19.0 Å². The summed E-state index contributed by atoms with van der Waals surface area (Å²) in [5, 5.41) is 3.68. The maximum absolute atomic E-state index is 5.91. The second-order valence-electron chi connectivity index (χ2n) is 6.07. The van der Waals surface area contributed by atoms with Gasteiger partial charge in [-0.3, -0.25) is 0 Å². The van der Waals surface area contributed by atoms with Crippen molar-refractivity contribution in [1.29, 1.82) is 0 Å². The summed E-state index contributed by atoms with van der Waals surface area (Å²) < 4.78 is 11.4. The summed E-state index contributed by atoms with van der Waals surface area (Å²) in [5.74, 6) is 0.986. The summed E-state index contributed by atoms with van der Waals surface area (Å²) in [6.07, 6.45) is 3.17. The maximum Gasteiger partial charge on any atom is 0.126 e. The standard InChI is InChI=1S/C17H27NO2/c1-6-17(4)11-14(9-10-20-17)18-15-8-7-12(2)16(19-5)13(15)3/h7-8,14,18H,6,9-11H2,1-5H3. The van der Waals surface area contributed by atoms with Crippen LogP contribution in [-0.2, 0) is 4.74 Å². The van der Waals surface area contributed by atoms with E-state index in [0.717, 1.165) is 31.6 Å². The second-order valence-corrected chi connectivity index (χ2v) is 6.07. The Hall–Kier alpha value is -1.22. The van der Waals surface area contributed by atoms with Crippen LogP contribution in [0.4, 0.5) is 5.69 Å². The van der Waals surface area contributed by atoms with Crippen molar-refractivity contribution in [2.24, 2.45) is 0 Å². The van der Waals surface area contributed by atoms with Crippen molar-refractivity contribution >= 4 is 5.69 Å². The van der Waals surface area contributed by atoms with Crippen LogP contribution >= 0.6 is 0 Å². The van der Waals surface area contributed by atoms with Crippen LogP contribution in [0.25, 0.3) is 0 Å². The first-order valence-electron chi connectivity index (χ1n) is 7.54. The summed E-state index contributed by atoms with van der Waals surface area (Å²) in [6, 6.07) is 4.75. The summed E-state index contributed by atoms with van der Waals surface area (Å²) >= 11 is 0. The summed E-state index contributed by atoms with van der Waals surface area (Å²) in [4.78, 5) is 0. The van der Waals surface area contributed by atoms with Gasteiger partial charge in [-0.05, 0) is 51.7 Å². The van der Waals surface area contributed by atoms with Gasteiger partial charge < -0.3 is 14.8 Å². The highest BCUT2D eigenvalue weighted by Crippen LogP contribution is 2.33. The Kier molecular flexibility index (Phi) is 4.59. The maximum atomic E-state index is 5.91. The molecule has 0 radical (unpaired) electrons. The smallest absolute Gasteiger partial charge is 0.126 e. The van der Waals surface area contributed by atoms with E-state index in [1.807, 2.05) is 0 Å². The zero-order valence-corrected chi connectivity index (χ0v) is 13.4. The van der Waals surface area contributed by atoms with E-state index in [2.05, 4.69) is 45.1 Å². The van der Waals surface area contributed by atoms with E-state index in [1.165, 1.54) is 16.8 Å². The molecule has 1 aliphatic heterocycles. The van der Waals surface area contributed by atoms with Crippen LogP contribution in [0.2, 0.25) is 0 Å². The molecule has 3 heteroatoms. The highest BCUT2D eigenvalue weighted by atomic mass is 16.5. The third-order valence-electron chi connectivity index (χ3n) is 4.51. The van der Waals surface area contributed by atoms with Gasteiger partial charge in [-0.2, -0.15) is 0 Å². The SMILES string of the molecule is CCC1(C)CC(Nc2ccc(C)c(OC)c2C)CCO1. The summed E-state index contributed by atoms with van der Waals surface area (Å²) in [7, 11) is 1.74. The average Bonchev–Trinajstić information content (AvgIpc) is 2.43. The molecule has 1 N–H and O–H groups in total. The Morgan fingerprint density at radius 3 is 2.80 bits per heavy atom. The van der Waals surface area contributed by atoms with E-state index in [-0.39, 0.29) is 5.60 Å². The molecule has 0 spiro atoms. The third-order valence-corrected chi connectivity index (χ3v) is 4.51. The van der Waals surface area contributed by atoms with Crippen molar-refractivity contribution in [2.45, 2.75) is 58.6 Å². The zero-order valence-electron chi connectivity index (χ0n) is 13.4. The number of rotatable bonds is 4. The fourth-order valence-corrected chi connectivity index (χ4v) is 3.02. The number of anilines is 1. The van der Waals surface area contributed by atoms with Crippen LogP contribution < -0.4 is 10.1 Å². The Balaban J connectivity index is 2.14. The topological polar surface area (TPSA) is 30.5 Å². The van der Waals surface area contributed by atoms with Crippen LogP contribution in [0.3, 0.4) is 0 Å². The minimum atomic E-state index is 0.0125. The van der Waals surface area contributed by atoms with Crippen molar-refractivity contribution in [3.05, 3.63) is 23.3 Å². The first-order chi connectivity index (χ1) is 9.49. The lowest BCUT2D eigenvalue weighted by atomic mass is 9.89. The number of aryl methyl sites for hydroxylation is 1. The molecule has 1 aliphatic rings. The molecule has 2 atom stereocenters. The minimum absolute atomic E-state index is 0.0125. The van der Waals surface area contributed by atoms with Crippen molar-refractivity contribution in [3.63, 3.8) is 0 Å². The molecule has 1 heterocycles. The van der Waals surface area contributed by atoms with Crippen molar-refractivity contribution in [1.82, 2.24) is 0 Å². The van der Waals surface area contributed by atoms with E-state index in [0.29, 0.717) is 6.04 Å². The largest absolute Gasteiger partial charge is 0.496 e. The van der Waals surface area contributed by atoms with Gasteiger partial charge >= 0.3 is 0 Å². The monoisotopic (exact) mass is 277 g/mol. The van der Waals surface area contributed by atoms with E-state index >= 15 is 0 Å². The Bertz CT molecular complexity index is 472. The number of hydrogen-bond acceptors (Lipinski definition) is 3. The predicted octanol–water partition coefficient (Wildman–Crippen LogP) is 4.07. The van der Waals surface area contributed by atoms with Gasteiger partial charge in [0.05, 0.1) is 12.7 Å². The number of ether oxygens (including phenoxy) is 2. The van der Waals surface area contributed by atoms with Gasteiger partial charge in [0.25, 0.3) is 0 Å². The van der Waals surface area contributed by atoms with Gasteiger partial charge in [0.15, 0.2) is 0 Å². The normalized spacial score (nSPS) is 26.4. The van der Waals surface area contributed by atoms with Gasteiger partial charge in [0, 0.05) is 23.9 Å². The molecule has 0 aliphatic carbocycles. The molecule has 0 aromatic heterocycles. The minimum Gasteiger partial charge on any atom is -0.496 e. The van der Waals surface area contributed by atoms with Gasteiger partial charge in [0.1, 0.15) is 5.75 Å². The van der Waals surface area contributed by atoms with Gasteiger partial charge in [-0.25, -0.2) is 0 Å². The van der Waals surface area contributed by atoms with E-state index < -0.39 is 0 Å². The van der Waals surface area contributed by atoms with Crippen LogP contribution in [-0.4, -0.2) is 25.4 Å². The number of benzene rings is 1. The molecule has 1 aromatic carbocycles. The number of hydrogen-bond donors (Lipinski definition) is 1. The molecule has 2 rings (SSSR count). The first kappa shape index (κ1) is 15.2. The molecular weight excluding hydrogens is 250 g/mol. The highest BCUT2D eigenvalue weighted by Gasteiger charge is 2.31. The molecule has 112 valence electrons. The highest BCUT2D eigenvalue weighted by molar-refractivity contribution is 5.60. The lowest BCUT2D eigenvalue weighted by Crippen LogP contribution is -2.41. The number of nitrogens with one attached hydrogen (secondary N) is 1. The molecule has 0 saturated carbocycles. The quantitative estimate of drug-likeness (QED) is 0.900. The van der Waals surface area contributed by atoms with Gasteiger partial charge in [-0.1, -0.05) is 13.0 Å². The molecule has 1 fully saturated rings. The molecule has 3 nitrogen and oxygen atoms in total. The fourth-order valence-electron chi connectivity index (χ4n) is 3.02. The second kappa shape index (κ2) is 6.04. The molecule has 1 saturated heterocycles. The summed E-state index contributed by atoms with van der Waals surface area (Å²) in [6.45, 7) is 9.45. The summed E-state index contributed by atoms with van der Waals surface area (Å²) in [5.41, 5.74) is 3.56. The molecule has 0 bridgehead atoms. The number of methoxy groups -OCH3 is 1. The van der Waals surface area contributed by atoms with Gasteiger partial charge in [0.2, 0.25) is 0 Å². The van der Waals surface area contributed by atoms with E-state index in [9.17, 15) is 0 Å².